The highest BCUT2D eigenvalue weighted by Crippen LogP contribution is 2.29. The molecule has 20 heavy (non-hydrogen) atoms. The van der Waals surface area contributed by atoms with Crippen molar-refractivity contribution in [2.24, 2.45) is 5.92 Å². The molecule has 0 amide bonds. The van der Waals surface area contributed by atoms with Crippen LogP contribution in [0, 0.1) is 5.92 Å². The van der Waals surface area contributed by atoms with E-state index in [9.17, 15) is 4.79 Å². The Hall–Kier alpha value is -1.51. The minimum absolute atomic E-state index is 0.159. The second kappa shape index (κ2) is 7.32. The first kappa shape index (κ1) is 14.9. The van der Waals surface area contributed by atoms with Crippen LogP contribution in [-0.2, 0) is 0 Å². The van der Waals surface area contributed by atoms with E-state index in [0.29, 0.717) is 17.1 Å². The number of hydrogen-bond donors (Lipinski definition) is 0. The van der Waals surface area contributed by atoms with E-state index in [-0.39, 0.29) is 11.7 Å². The Labute approximate surface area is 121 Å². The molecule has 0 saturated heterocycles. The van der Waals surface area contributed by atoms with Gasteiger partial charge in [-0.25, -0.2) is 0 Å². The van der Waals surface area contributed by atoms with Crippen molar-refractivity contribution >= 4 is 5.78 Å². The molecule has 1 aliphatic rings. The monoisotopic (exact) mass is 276 g/mol. The van der Waals surface area contributed by atoms with Crippen molar-refractivity contribution in [3.8, 4) is 11.5 Å². The Balaban J connectivity index is 2.17. The van der Waals surface area contributed by atoms with Gasteiger partial charge in [-0.05, 0) is 25.0 Å². The zero-order valence-corrected chi connectivity index (χ0v) is 12.5. The van der Waals surface area contributed by atoms with E-state index in [4.69, 9.17) is 9.47 Å². The van der Waals surface area contributed by atoms with E-state index >= 15 is 0 Å². The highest BCUT2D eigenvalue weighted by molar-refractivity contribution is 5.98. The van der Waals surface area contributed by atoms with Gasteiger partial charge < -0.3 is 9.47 Å². The molecule has 0 unspecified atom stereocenters. The molecule has 0 bridgehead atoms. The lowest BCUT2D eigenvalue weighted by molar-refractivity contribution is 0.0897. The standard InChI is InChI=1S/C17H24O3/c1-19-15-10-14(11-16(12-15)20-2)17(18)13-8-6-4-3-5-7-9-13/h10-13H,3-9H2,1-2H3. The fourth-order valence-electron chi connectivity index (χ4n) is 2.90. The summed E-state index contributed by atoms with van der Waals surface area (Å²) in [5, 5.41) is 0. The molecular formula is C17H24O3. The minimum atomic E-state index is 0.159. The summed E-state index contributed by atoms with van der Waals surface area (Å²) in [5.74, 6) is 1.76. The molecule has 1 aromatic rings. The van der Waals surface area contributed by atoms with Gasteiger partial charge in [-0.15, -0.1) is 0 Å². The number of hydrogen-bond acceptors (Lipinski definition) is 3. The van der Waals surface area contributed by atoms with Gasteiger partial charge in [0.25, 0.3) is 0 Å². The number of benzene rings is 1. The Morgan fingerprint density at radius 2 is 1.40 bits per heavy atom. The van der Waals surface area contributed by atoms with Crippen molar-refractivity contribution in [3.05, 3.63) is 23.8 Å². The Bertz CT molecular complexity index is 423. The highest BCUT2D eigenvalue weighted by Gasteiger charge is 2.21. The summed E-state index contributed by atoms with van der Waals surface area (Å²) in [5.41, 5.74) is 0.715. The average molecular weight is 276 g/mol. The SMILES string of the molecule is COc1cc(OC)cc(C(=O)C2CCCCCCC2)c1. The second-order valence-electron chi connectivity index (χ2n) is 5.51. The maximum Gasteiger partial charge on any atom is 0.166 e. The van der Waals surface area contributed by atoms with E-state index in [0.717, 1.165) is 25.7 Å². The van der Waals surface area contributed by atoms with Gasteiger partial charge in [0.2, 0.25) is 0 Å². The van der Waals surface area contributed by atoms with E-state index in [1.807, 2.05) is 12.1 Å². The third-order valence-electron chi connectivity index (χ3n) is 4.11. The third-order valence-corrected chi connectivity index (χ3v) is 4.11. The first-order valence-corrected chi connectivity index (χ1v) is 7.52. The van der Waals surface area contributed by atoms with Gasteiger partial charge in [0.05, 0.1) is 14.2 Å². The maximum absolute atomic E-state index is 12.7. The summed E-state index contributed by atoms with van der Waals surface area (Å²) in [4.78, 5) is 12.7. The van der Waals surface area contributed by atoms with Crippen LogP contribution in [0.1, 0.15) is 55.3 Å². The quantitative estimate of drug-likeness (QED) is 0.771. The van der Waals surface area contributed by atoms with Crippen molar-refractivity contribution in [2.45, 2.75) is 44.9 Å². The molecule has 1 aliphatic carbocycles. The van der Waals surface area contributed by atoms with Crippen LogP contribution in [0.5, 0.6) is 11.5 Å². The molecule has 1 saturated carbocycles. The van der Waals surface area contributed by atoms with Crippen LogP contribution < -0.4 is 9.47 Å². The number of methoxy groups -OCH3 is 2. The second-order valence-corrected chi connectivity index (χ2v) is 5.51. The van der Waals surface area contributed by atoms with Gasteiger partial charge in [-0.2, -0.15) is 0 Å². The molecule has 0 heterocycles. The van der Waals surface area contributed by atoms with Gasteiger partial charge in [-0.3, -0.25) is 4.79 Å². The smallest absolute Gasteiger partial charge is 0.166 e. The molecule has 3 heteroatoms. The normalized spacial score (nSPS) is 17.1. The van der Waals surface area contributed by atoms with E-state index < -0.39 is 0 Å². The van der Waals surface area contributed by atoms with Crippen molar-refractivity contribution in [1.82, 2.24) is 0 Å². The number of rotatable bonds is 4. The van der Waals surface area contributed by atoms with Gasteiger partial charge in [0, 0.05) is 17.5 Å². The lowest BCUT2D eigenvalue weighted by Gasteiger charge is -2.19. The largest absolute Gasteiger partial charge is 0.497 e. The summed E-state index contributed by atoms with van der Waals surface area (Å²) in [7, 11) is 3.22. The van der Waals surface area contributed by atoms with E-state index in [1.165, 1.54) is 19.3 Å². The summed E-state index contributed by atoms with van der Waals surface area (Å²) in [6.45, 7) is 0. The topological polar surface area (TPSA) is 35.5 Å². The van der Waals surface area contributed by atoms with Crippen LogP contribution in [0.3, 0.4) is 0 Å². The van der Waals surface area contributed by atoms with E-state index in [2.05, 4.69) is 0 Å². The number of ketones is 1. The first-order chi connectivity index (χ1) is 9.74. The number of Topliss-reactive ketones (excluding diaryl/α,β-unsaturated/α-hetero) is 1. The molecule has 1 aromatic carbocycles. The maximum atomic E-state index is 12.7. The van der Waals surface area contributed by atoms with Gasteiger partial charge in [-0.1, -0.05) is 32.1 Å². The molecule has 0 spiro atoms. The van der Waals surface area contributed by atoms with Crippen LogP contribution in [0.25, 0.3) is 0 Å². The summed E-state index contributed by atoms with van der Waals surface area (Å²) < 4.78 is 10.5. The number of carbonyl (C=O) groups excluding carboxylic acids is 1. The van der Waals surface area contributed by atoms with Crippen LogP contribution in [0.4, 0.5) is 0 Å². The molecule has 0 aromatic heterocycles. The molecular weight excluding hydrogens is 252 g/mol. The first-order valence-electron chi connectivity index (χ1n) is 7.52. The highest BCUT2D eigenvalue weighted by atomic mass is 16.5. The molecule has 0 atom stereocenters. The van der Waals surface area contributed by atoms with E-state index in [1.54, 1.807) is 20.3 Å². The van der Waals surface area contributed by atoms with Crippen molar-refractivity contribution < 1.29 is 14.3 Å². The number of carbonyl (C=O) groups is 1. The van der Waals surface area contributed by atoms with Gasteiger partial charge >= 0.3 is 0 Å². The predicted molar refractivity (Wildman–Crippen MR) is 79.7 cm³/mol. The number of ether oxygens (including phenoxy) is 2. The fraction of sp³-hybridized carbons (Fsp3) is 0.588. The summed E-state index contributed by atoms with van der Waals surface area (Å²) in [6.07, 6.45) is 8.18. The Kier molecular flexibility index (Phi) is 5.45. The van der Waals surface area contributed by atoms with Crippen LogP contribution in [0.2, 0.25) is 0 Å². The van der Waals surface area contributed by atoms with Crippen molar-refractivity contribution in [1.29, 1.82) is 0 Å². The van der Waals surface area contributed by atoms with Crippen LogP contribution >= 0.6 is 0 Å². The molecule has 0 radical (unpaired) electrons. The molecule has 3 nitrogen and oxygen atoms in total. The Morgan fingerprint density at radius 1 is 0.900 bits per heavy atom. The molecule has 110 valence electrons. The average Bonchev–Trinajstić information content (AvgIpc) is 2.45. The molecule has 0 N–H and O–H groups in total. The van der Waals surface area contributed by atoms with Gasteiger partial charge in [0.15, 0.2) is 5.78 Å². The minimum Gasteiger partial charge on any atom is -0.497 e. The lowest BCUT2D eigenvalue weighted by atomic mass is 9.85. The molecule has 2 rings (SSSR count). The van der Waals surface area contributed by atoms with Crippen LogP contribution in [-0.4, -0.2) is 20.0 Å². The molecule has 1 fully saturated rings. The summed E-state index contributed by atoms with van der Waals surface area (Å²) >= 11 is 0. The summed E-state index contributed by atoms with van der Waals surface area (Å²) in [6, 6.07) is 5.45. The van der Waals surface area contributed by atoms with Crippen molar-refractivity contribution in [3.63, 3.8) is 0 Å². The predicted octanol–water partition coefficient (Wildman–Crippen LogP) is 4.25. The van der Waals surface area contributed by atoms with Crippen molar-refractivity contribution in [2.75, 3.05) is 14.2 Å². The zero-order valence-electron chi connectivity index (χ0n) is 12.5. The van der Waals surface area contributed by atoms with Crippen LogP contribution in [0.15, 0.2) is 18.2 Å². The molecule has 0 aliphatic heterocycles. The third kappa shape index (κ3) is 3.75. The van der Waals surface area contributed by atoms with Gasteiger partial charge in [0.1, 0.15) is 11.5 Å². The zero-order chi connectivity index (χ0) is 14.4. The lowest BCUT2D eigenvalue weighted by Crippen LogP contribution is -2.16. The Morgan fingerprint density at radius 3 is 1.90 bits per heavy atom. The fourth-order valence-corrected chi connectivity index (χ4v) is 2.90.